The summed E-state index contributed by atoms with van der Waals surface area (Å²) in [5, 5.41) is 0. The number of carbonyl (C=O) groups excluding carboxylic acids is 1. The molecule has 0 unspecified atom stereocenters. The highest BCUT2D eigenvalue weighted by atomic mass is 79.9. The fourth-order valence-corrected chi connectivity index (χ4v) is 2.24. The minimum absolute atomic E-state index is 0.0874. The maximum Gasteiger partial charge on any atom is 0.255 e. The van der Waals surface area contributed by atoms with Crippen molar-refractivity contribution in [2.24, 2.45) is 0 Å². The van der Waals surface area contributed by atoms with Gasteiger partial charge in [0.1, 0.15) is 0 Å². The number of aryl methyl sites for hydroxylation is 1. The molecule has 0 saturated carbocycles. The van der Waals surface area contributed by atoms with E-state index >= 15 is 0 Å². The van der Waals surface area contributed by atoms with Gasteiger partial charge in [-0.05, 0) is 36.0 Å². The Bertz CT molecular complexity index is 428. The number of halogens is 1. The molecule has 1 aromatic rings. The maximum atomic E-state index is 12.3. The highest BCUT2D eigenvalue weighted by Crippen LogP contribution is 2.16. The monoisotopic (exact) mass is 297 g/mol. The molecule has 4 nitrogen and oxygen atoms in total. The highest BCUT2D eigenvalue weighted by molar-refractivity contribution is 9.10. The van der Waals surface area contributed by atoms with Crippen molar-refractivity contribution in [1.82, 2.24) is 14.8 Å². The van der Waals surface area contributed by atoms with Crippen LogP contribution in [0.1, 0.15) is 16.1 Å². The van der Waals surface area contributed by atoms with E-state index in [1.165, 1.54) is 0 Å². The standard InChI is InChI=1S/C12H16BrN3O/c1-9-11(7-10(13)8-14-9)12(17)16-5-3-15(2)4-6-16/h7-8H,3-6H2,1-2H3. The number of likely N-dealkylation sites (N-methyl/N-ethyl adjacent to an activating group) is 1. The van der Waals surface area contributed by atoms with Crippen molar-refractivity contribution in [2.75, 3.05) is 33.2 Å². The third kappa shape index (κ3) is 2.84. The van der Waals surface area contributed by atoms with Crippen molar-refractivity contribution in [2.45, 2.75) is 6.92 Å². The van der Waals surface area contributed by atoms with Gasteiger partial charge in [-0.3, -0.25) is 9.78 Å². The fourth-order valence-electron chi connectivity index (χ4n) is 1.90. The minimum atomic E-state index is 0.0874. The summed E-state index contributed by atoms with van der Waals surface area (Å²) in [6.45, 7) is 5.33. The molecule has 17 heavy (non-hydrogen) atoms. The van der Waals surface area contributed by atoms with E-state index in [9.17, 15) is 4.79 Å². The second kappa shape index (κ2) is 5.14. The molecule has 0 bridgehead atoms. The molecule has 0 aromatic carbocycles. The van der Waals surface area contributed by atoms with Gasteiger partial charge < -0.3 is 9.80 Å². The van der Waals surface area contributed by atoms with Gasteiger partial charge in [-0.1, -0.05) is 0 Å². The molecule has 1 aliphatic heterocycles. The molecule has 1 aliphatic rings. The second-order valence-corrected chi connectivity index (χ2v) is 5.30. The first-order valence-corrected chi connectivity index (χ1v) is 6.47. The van der Waals surface area contributed by atoms with Crippen molar-refractivity contribution in [3.05, 3.63) is 28.0 Å². The molecule has 92 valence electrons. The number of carbonyl (C=O) groups is 1. The lowest BCUT2D eigenvalue weighted by Gasteiger charge is -2.32. The Labute approximate surface area is 110 Å². The molecule has 0 radical (unpaired) electrons. The number of hydrogen-bond donors (Lipinski definition) is 0. The highest BCUT2D eigenvalue weighted by Gasteiger charge is 2.22. The molecule has 0 spiro atoms. The second-order valence-electron chi connectivity index (χ2n) is 4.38. The van der Waals surface area contributed by atoms with E-state index in [4.69, 9.17) is 0 Å². The van der Waals surface area contributed by atoms with Crippen LogP contribution in [0.5, 0.6) is 0 Å². The summed E-state index contributed by atoms with van der Waals surface area (Å²) in [6, 6.07) is 1.85. The predicted molar refractivity (Wildman–Crippen MR) is 70.1 cm³/mol. The van der Waals surface area contributed by atoms with Gasteiger partial charge in [0.15, 0.2) is 0 Å². The van der Waals surface area contributed by atoms with Gasteiger partial charge in [0.05, 0.1) is 11.3 Å². The number of nitrogens with zero attached hydrogens (tertiary/aromatic N) is 3. The van der Waals surface area contributed by atoms with Gasteiger partial charge in [-0.2, -0.15) is 0 Å². The summed E-state index contributed by atoms with van der Waals surface area (Å²) in [7, 11) is 2.08. The largest absolute Gasteiger partial charge is 0.336 e. The Morgan fingerprint density at radius 3 is 2.65 bits per heavy atom. The SMILES string of the molecule is Cc1ncc(Br)cc1C(=O)N1CCN(C)CC1. The number of hydrogen-bond acceptors (Lipinski definition) is 3. The van der Waals surface area contributed by atoms with Crippen LogP contribution in [0.25, 0.3) is 0 Å². The molecule has 0 N–H and O–H groups in total. The Morgan fingerprint density at radius 2 is 2.00 bits per heavy atom. The summed E-state index contributed by atoms with van der Waals surface area (Å²) >= 11 is 3.36. The normalized spacial score (nSPS) is 17.2. The zero-order valence-corrected chi connectivity index (χ0v) is 11.7. The number of piperazine rings is 1. The Hall–Kier alpha value is -0.940. The zero-order valence-electron chi connectivity index (χ0n) is 10.1. The summed E-state index contributed by atoms with van der Waals surface area (Å²) in [5.74, 6) is 0.0874. The van der Waals surface area contributed by atoms with E-state index in [0.29, 0.717) is 5.56 Å². The molecule has 1 fully saturated rings. The van der Waals surface area contributed by atoms with Gasteiger partial charge in [-0.25, -0.2) is 0 Å². The molecular weight excluding hydrogens is 282 g/mol. The number of amides is 1. The van der Waals surface area contributed by atoms with Crippen molar-refractivity contribution in [3.63, 3.8) is 0 Å². The maximum absolute atomic E-state index is 12.3. The van der Waals surface area contributed by atoms with Crippen LogP contribution in [0.15, 0.2) is 16.7 Å². The van der Waals surface area contributed by atoms with Crippen LogP contribution in [0.2, 0.25) is 0 Å². The molecule has 5 heteroatoms. The van der Waals surface area contributed by atoms with Crippen LogP contribution in [-0.2, 0) is 0 Å². The summed E-state index contributed by atoms with van der Waals surface area (Å²) in [5.41, 5.74) is 1.49. The van der Waals surface area contributed by atoms with Gasteiger partial charge in [0.25, 0.3) is 5.91 Å². The van der Waals surface area contributed by atoms with Crippen LogP contribution in [0.4, 0.5) is 0 Å². The quantitative estimate of drug-likeness (QED) is 0.789. The third-order valence-corrected chi connectivity index (χ3v) is 3.51. The number of aromatic nitrogens is 1. The van der Waals surface area contributed by atoms with Crippen molar-refractivity contribution in [1.29, 1.82) is 0 Å². The average molecular weight is 298 g/mol. The molecule has 2 heterocycles. The first-order valence-electron chi connectivity index (χ1n) is 5.68. The van der Waals surface area contributed by atoms with E-state index in [-0.39, 0.29) is 5.91 Å². The smallest absolute Gasteiger partial charge is 0.255 e. The van der Waals surface area contributed by atoms with Gasteiger partial charge in [-0.15, -0.1) is 0 Å². The molecule has 2 rings (SSSR count). The van der Waals surface area contributed by atoms with Crippen molar-refractivity contribution in [3.8, 4) is 0 Å². The fraction of sp³-hybridized carbons (Fsp3) is 0.500. The van der Waals surface area contributed by atoms with Crippen LogP contribution in [0.3, 0.4) is 0 Å². The molecular formula is C12H16BrN3O. The van der Waals surface area contributed by atoms with E-state index < -0.39 is 0 Å². The van der Waals surface area contributed by atoms with Gasteiger partial charge in [0, 0.05) is 36.8 Å². The molecule has 1 saturated heterocycles. The summed E-state index contributed by atoms with van der Waals surface area (Å²) in [6.07, 6.45) is 1.72. The van der Waals surface area contributed by atoms with Gasteiger partial charge >= 0.3 is 0 Å². The summed E-state index contributed by atoms with van der Waals surface area (Å²) in [4.78, 5) is 20.7. The Morgan fingerprint density at radius 1 is 1.35 bits per heavy atom. The topological polar surface area (TPSA) is 36.4 Å². The third-order valence-electron chi connectivity index (χ3n) is 3.07. The number of rotatable bonds is 1. The Kier molecular flexibility index (Phi) is 3.79. The molecule has 0 atom stereocenters. The zero-order chi connectivity index (χ0) is 12.4. The molecule has 0 aliphatic carbocycles. The predicted octanol–water partition coefficient (Wildman–Crippen LogP) is 1.54. The Balaban J connectivity index is 2.16. The number of pyridine rings is 1. The lowest BCUT2D eigenvalue weighted by Crippen LogP contribution is -2.47. The molecule has 1 amide bonds. The van der Waals surface area contributed by atoms with Crippen molar-refractivity contribution < 1.29 is 4.79 Å². The van der Waals surface area contributed by atoms with Crippen LogP contribution in [0, 0.1) is 6.92 Å². The lowest BCUT2D eigenvalue weighted by molar-refractivity contribution is 0.0663. The van der Waals surface area contributed by atoms with Crippen LogP contribution in [-0.4, -0.2) is 53.9 Å². The minimum Gasteiger partial charge on any atom is -0.336 e. The lowest BCUT2D eigenvalue weighted by atomic mass is 10.1. The molecule has 1 aromatic heterocycles. The van der Waals surface area contributed by atoms with E-state index in [0.717, 1.165) is 36.3 Å². The van der Waals surface area contributed by atoms with Gasteiger partial charge in [0.2, 0.25) is 0 Å². The van der Waals surface area contributed by atoms with Crippen LogP contribution < -0.4 is 0 Å². The van der Waals surface area contributed by atoms with Crippen LogP contribution >= 0.6 is 15.9 Å². The first kappa shape index (κ1) is 12.5. The van der Waals surface area contributed by atoms with Crippen molar-refractivity contribution >= 4 is 21.8 Å². The van der Waals surface area contributed by atoms with E-state index in [2.05, 4.69) is 32.9 Å². The van der Waals surface area contributed by atoms with E-state index in [1.807, 2.05) is 17.9 Å². The average Bonchev–Trinajstić information content (AvgIpc) is 2.32. The first-order chi connectivity index (χ1) is 8.08. The van der Waals surface area contributed by atoms with E-state index in [1.54, 1.807) is 6.20 Å². The summed E-state index contributed by atoms with van der Waals surface area (Å²) < 4.78 is 0.848.